The number of rotatable bonds is 7. The van der Waals surface area contributed by atoms with Crippen molar-refractivity contribution in [3.8, 4) is 0 Å². The van der Waals surface area contributed by atoms with E-state index < -0.39 is 52.8 Å². The highest BCUT2D eigenvalue weighted by atomic mass is 32.2. The first-order valence-electron chi connectivity index (χ1n) is 9.05. The molecule has 18 nitrogen and oxygen atoms in total. The number of amides is 7. The molecular weight excluding hydrogens is 502 g/mol. The molecule has 34 heavy (non-hydrogen) atoms. The molecule has 2 fully saturated rings. The third kappa shape index (κ3) is 4.91. The van der Waals surface area contributed by atoms with Crippen LogP contribution in [0.25, 0.3) is 0 Å². The number of imide groups is 1. The number of nitrogens with one attached hydrogen (secondary N) is 3. The third-order valence-corrected chi connectivity index (χ3v) is 6.38. The van der Waals surface area contributed by atoms with E-state index in [1.54, 1.807) is 10.1 Å². The number of likely N-dealkylation sites (tertiary alicyclic amines) is 1. The first-order chi connectivity index (χ1) is 15.9. The van der Waals surface area contributed by atoms with Crippen LogP contribution in [0.4, 0.5) is 19.5 Å². The topological polar surface area (TPSA) is 246 Å². The predicted octanol–water partition coefficient (Wildman–Crippen LogP) is -2.72. The van der Waals surface area contributed by atoms with E-state index in [1.165, 1.54) is 12.5 Å². The summed E-state index contributed by atoms with van der Waals surface area (Å²) in [7, 11) is -3.56. The number of hydrogen-bond acceptors (Lipinski definition) is 12. The minimum atomic E-state index is -4.74. The van der Waals surface area contributed by atoms with Gasteiger partial charge in [0.2, 0.25) is 0 Å². The summed E-state index contributed by atoms with van der Waals surface area (Å²) in [4.78, 5) is 68.6. The van der Waals surface area contributed by atoms with Crippen LogP contribution >= 0.6 is 11.3 Å². The second kappa shape index (κ2) is 9.35. The van der Waals surface area contributed by atoms with E-state index >= 15 is 0 Å². The average Bonchev–Trinajstić information content (AvgIpc) is 3.33. The molecule has 3 rings (SSSR count). The first-order valence-corrected chi connectivity index (χ1v) is 11.4. The number of hydrazine groups is 1. The number of carboxylic acid groups (broad SMARTS) is 1. The molecule has 1 atom stereocenters. The number of aromatic nitrogens is 1. The molecule has 1 aromatic rings. The Balaban J connectivity index is 1.58. The van der Waals surface area contributed by atoms with Gasteiger partial charge in [0.1, 0.15) is 18.8 Å². The lowest BCUT2D eigenvalue weighted by atomic mass is 10.1. The lowest BCUT2D eigenvalue weighted by Crippen LogP contribution is -2.68. The largest absolute Gasteiger partial charge is 0.464 e. The Morgan fingerprint density at radius 2 is 2.03 bits per heavy atom. The Kier molecular flexibility index (Phi) is 6.72. The summed E-state index contributed by atoms with van der Waals surface area (Å²) in [5.41, 5.74) is 7.04. The van der Waals surface area contributed by atoms with Gasteiger partial charge in [0.15, 0.2) is 10.8 Å². The summed E-state index contributed by atoms with van der Waals surface area (Å²) in [6.45, 7) is -1.13. The van der Waals surface area contributed by atoms with Crippen molar-refractivity contribution in [2.75, 3.05) is 32.5 Å². The number of nitrogens with zero attached hydrogens (tertiary/aromatic N) is 5. The highest BCUT2D eigenvalue weighted by Gasteiger charge is 2.45. The summed E-state index contributed by atoms with van der Waals surface area (Å²) in [5, 5.41) is 16.6. The number of urea groups is 2. The van der Waals surface area contributed by atoms with Crippen LogP contribution < -0.4 is 21.2 Å². The van der Waals surface area contributed by atoms with Gasteiger partial charge in [-0.3, -0.25) is 14.5 Å². The molecule has 184 valence electrons. The van der Waals surface area contributed by atoms with E-state index in [9.17, 15) is 32.4 Å². The van der Waals surface area contributed by atoms with Gasteiger partial charge < -0.3 is 21.0 Å². The van der Waals surface area contributed by atoms with Gasteiger partial charge in [-0.1, -0.05) is 5.16 Å². The fourth-order valence-electron chi connectivity index (χ4n) is 2.81. The third-order valence-electron chi connectivity index (χ3n) is 4.35. The maximum absolute atomic E-state index is 12.5. The monoisotopic (exact) mass is 519 g/mol. The Hall–Kier alpha value is -4.20. The van der Waals surface area contributed by atoms with Gasteiger partial charge in [0, 0.05) is 5.38 Å². The molecule has 1 unspecified atom stereocenters. The van der Waals surface area contributed by atoms with Crippen molar-refractivity contribution in [2.24, 2.45) is 5.16 Å². The molecule has 3 heterocycles. The maximum Gasteiger partial charge on any atom is 0.423 e. The Labute approximate surface area is 194 Å². The molecule has 0 spiro atoms. The predicted molar refractivity (Wildman–Crippen MR) is 111 cm³/mol. The molecule has 7 amide bonds. The van der Waals surface area contributed by atoms with Crippen LogP contribution in [0.15, 0.2) is 10.5 Å². The number of carbonyl (C=O) groups excluding carboxylic acids is 4. The van der Waals surface area contributed by atoms with Crippen LogP contribution in [0.5, 0.6) is 0 Å². The van der Waals surface area contributed by atoms with E-state index in [0.29, 0.717) is 9.91 Å². The molecule has 0 saturated carbocycles. The van der Waals surface area contributed by atoms with Crippen LogP contribution in [0.1, 0.15) is 5.69 Å². The zero-order valence-corrected chi connectivity index (χ0v) is 18.8. The van der Waals surface area contributed by atoms with Crippen LogP contribution in [0, 0.1) is 0 Å². The smallest absolute Gasteiger partial charge is 0.423 e. The van der Waals surface area contributed by atoms with E-state index in [-0.39, 0.29) is 33.9 Å². The van der Waals surface area contributed by atoms with Crippen molar-refractivity contribution in [1.29, 1.82) is 0 Å². The molecule has 1 aromatic heterocycles. The van der Waals surface area contributed by atoms with Crippen molar-refractivity contribution in [3.05, 3.63) is 11.1 Å². The van der Waals surface area contributed by atoms with Crippen molar-refractivity contribution in [1.82, 2.24) is 34.7 Å². The van der Waals surface area contributed by atoms with Crippen molar-refractivity contribution >= 4 is 62.4 Å². The zero-order chi connectivity index (χ0) is 25.2. The Bertz CT molecular complexity index is 1180. The van der Waals surface area contributed by atoms with Gasteiger partial charge in [-0.15, -0.1) is 11.3 Å². The van der Waals surface area contributed by atoms with E-state index in [4.69, 9.17) is 10.8 Å². The van der Waals surface area contributed by atoms with Gasteiger partial charge in [-0.05, 0) is 0 Å². The summed E-state index contributed by atoms with van der Waals surface area (Å²) >= 11 is 1.04. The maximum atomic E-state index is 12.5. The van der Waals surface area contributed by atoms with Gasteiger partial charge in [-0.2, -0.15) is 8.42 Å². The molecule has 0 aromatic carbocycles. The first kappa shape index (κ1) is 24.4. The summed E-state index contributed by atoms with van der Waals surface area (Å²) in [5.74, 6) is -1.79. The van der Waals surface area contributed by atoms with E-state index in [1.807, 2.05) is 0 Å². The number of oxime groups is 1. The minimum absolute atomic E-state index is 0.0935. The molecule has 0 aliphatic carbocycles. The quantitative estimate of drug-likeness (QED) is 0.141. The fourth-order valence-corrected chi connectivity index (χ4v) is 4.43. The molecule has 2 saturated heterocycles. The number of nitrogens with two attached hydrogens (primary N) is 1. The molecule has 20 heteroatoms. The molecule has 0 bridgehead atoms. The normalized spacial score (nSPS) is 18.4. The number of thiazole rings is 1. The molecule has 2 aliphatic heterocycles. The van der Waals surface area contributed by atoms with Gasteiger partial charge in [0.05, 0.1) is 19.6 Å². The van der Waals surface area contributed by atoms with Crippen LogP contribution in [0.3, 0.4) is 0 Å². The highest BCUT2D eigenvalue weighted by Crippen LogP contribution is 2.16. The minimum Gasteiger partial charge on any atom is -0.464 e. The number of carbonyl (C=O) groups is 5. The van der Waals surface area contributed by atoms with Gasteiger partial charge in [0.25, 0.3) is 11.8 Å². The number of β-lactam (4-membered cyclic amide) rings is 1. The van der Waals surface area contributed by atoms with Gasteiger partial charge >= 0.3 is 28.4 Å². The average molecular weight is 519 g/mol. The van der Waals surface area contributed by atoms with E-state index in [0.717, 1.165) is 11.3 Å². The second-order valence-corrected chi connectivity index (χ2v) is 8.99. The zero-order valence-electron chi connectivity index (χ0n) is 17.1. The van der Waals surface area contributed by atoms with Crippen molar-refractivity contribution in [3.63, 3.8) is 0 Å². The Morgan fingerprint density at radius 3 is 2.59 bits per heavy atom. The summed E-state index contributed by atoms with van der Waals surface area (Å²) in [6, 6.07) is -3.79. The van der Waals surface area contributed by atoms with Crippen LogP contribution in [-0.2, 0) is 24.6 Å². The fraction of sp³-hybridized carbons (Fsp3) is 0.357. The van der Waals surface area contributed by atoms with E-state index in [2.05, 4.69) is 20.3 Å². The van der Waals surface area contributed by atoms with Crippen LogP contribution in [0.2, 0.25) is 0 Å². The number of nitrogen functional groups attached to an aromatic ring is 1. The Morgan fingerprint density at radius 1 is 1.32 bits per heavy atom. The van der Waals surface area contributed by atoms with Crippen molar-refractivity contribution < 1.29 is 42.3 Å². The summed E-state index contributed by atoms with van der Waals surface area (Å²) < 4.78 is 26.4. The molecule has 6 N–H and O–H groups in total. The highest BCUT2D eigenvalue weighted by molar-refractivity contribution is 7.88. The van der Waals surface area contributed by atoms with Gasteiger partial charge in [-0.25, -0.2) is 38.8 Å². The second-order valence-electron chi connectivity index (χ2n) is 6.50. The molecule has 2 aliphatic rings. The van der Waals surface area contributed by atoms with Crippen molar-refractivity contribution in [2.45, 2.75) is 6.04 Å². The SMILES string of the molecule is CON=C(C(=O)NC1CN(C(=O)NS(=O)(=O)N2CCN(NC(=O)O)C2=O)C1=O)c1csc(N)n1. The summed E-state index contributed by atoms with van der Waals surface area (Å²) in [6.07, 6.45) is -1.59. The lowest BCUT2D eigenvalue weighted by molar-refractivity contribution is -0.141. The van der Waals surface area contributed by atoms with Crippen LogP contribution in [-0.4, -0.2) is 101 Å². The molecular formula is C14H17N9O9S2. The number of anilines is 1. The standard InChI is InChI=1S/C14H17N9O9S2/c1-32-19-8(7-5-33-11(15)17-7)9(24)16-6-4-21(10(6)25)12(26)20-34(30,31)23-3-2-22(14(23)29)18-13(27)28/h5-6,18H,2-4H2,1H3,(H2,15,17)(H,16,24)(H,20,26)(H,27,28). The molecule has 0 radical (unpaired) electrons. The lowest BCUT2D eigenvalue weighted by Gasteiger charge is -2.36. The number of hydrogen-bond donors (Lipinski definition) is 5.